The van der Waals surface area contributed by atoms with Gasteiger partial charge >= 0.3 is 5.97 Å². The standard InChI is InChI=1S/C23H19ClN2O5/c1-29-21-13-16(14-25-26-22(27)15-30-17-7-3-2-4-8-17)11-12-20(21)31-23(28)18-9-5-6-10-19(18)24/h2-14H,15H2,1H3,(H,26,27)/b25-14+. The van der Waals surface area contributed by atoms with E-state index in [0.717, 1.165) is 0 Å². The molecule has 0 bridgehead atoms. The lowest BCUT2D eigenvalue weighted by Gasteiger charge is -2.10. The number of carbonyl (C=O) groups excluding carboxylic acids is 2. The summed E-state index contributed by atoms with van der Waals surface area (Å²) in [6.07, 6.45) is 1.43. The molecule has 0 spiro atoms. The lowest BCUT2D eigenvalue weighted by atomic mass is 10.2. The monoisotopic (exact) mass is 438 g/mol. The number of amides is 1. The Hall–Kier alpha value is -3.84. The van der Waals surface area contributed by atoms with Gasteiger partial charge in [-0.3, -0.25) is 4.79 Å². The second-order valence-electron chi connectivity index (χ2n) is 6.17. The van der Waals surface area contributed by atoms with Crippen molar-refractivity contribution in [1.29, 1.82) is 0 Å². The molecule has 1 N–H and O–H groups in total. The SMILES string of the molecule is COc1cc(/C=N/NC(=O)COc2ccccc2)ccc1OC(=O)c1ccccc1Cl. The summed E-state index contributed by atoms with van der Waals surface area (Å²) in [5.74, 6) is 0.134. The maximum Gasteiger partial charge on any atom is 0.345 e. The van der Waals surface area contributed by atoms with Crippen molar-refractivity contribution in [2.24, 2.45) is 5.10 Å². The zero-order valence-corrected chi connectivity index (χ0v) is 17.3. The summed E-state index contributed by atoms with van der Waals surface area (Å²) < 4.78 is 16.0. The van der Waals surface area contributed by atoms with E-state index in [-0.39, 0.29) is 17.9 Å². The van der Waals surface area contributed by atoms with Crippen molar-refractivity contribution in [3.8, 4) is 17.2 Å². The number of benzene rings is 3. The molecule has 0 atom stereocenters. The highest BCUT2D eigenvalue weighted by molar-refractivity contribution is 6.33. The van der Waals surface area contributed by atoms with E-state index in [0.29, 0.717) is 22.1 Å². The lowest BCUT2D eigenvalue weighted by molar-refractivity contribution is -0.123. The highest BCUT2D eigenvalue weighted by Crippen LogP contribution is 2.29. The van der Waals surface area contributed by atoms with Crippen LogP contribution in [0.25, 0.3) is 0 Å². The Morgan fingerprint density at radius 2 is 1.74 bits per heavy atom. The first-order chi connectivity index (χ1) is 15.1. The molecular weight excluding hydrogens is 420 g/mol. The summed E-state index contributed by atoms with van der Waals surface area (Å²) in [4.78, 5) is 24.2. The molecule has 0 saturated carbocycles. The van der Waals surface area contributed by atoms with Crippen LogP contribution in [-0.2, 0) is 4.79 Å². The fourth-order valence-electron chi connectivity index (χ4n) is 2.51. The van der Waals surface area contributed by atoms with Gasteiger partial charge in [0, 0.05) is 0 Å². The van der Waals surface area contributed by atoms with Crippen LogP contribution in [-0.4, -0.2) is 31.8 Å². The van der Waals surface area contributed by atoms with E-state index in [1.807, 2.05) is 18.2 Å². The van der Waals surface area contributed by atoms with E-state index < -0.39 is 11.9 Å². The van der Waals surface area contributed by atoms with Crippen LogP contribution in [0.5, 0.6) is 17.2 Å². The van der Waals surface area contributed by atoms with Gasteiger partial charge in [0.15, 0.2) is 18.1 Å². The van der Waals surface area contributed by atoms with Crippen LogP contribution in [0.3, 0.4) is 0 Å². The van der Waals surface area contributed by atoms with Gasteiger partial charge in [-0.05, 0) is 48.0 Å². The lowest BCUT2D eigenvalue weighted by Crippen LogP contribution is -2.24. The molecule has 158 valence electrons. The van der Waals surface area contributed by atoms with E-state index in [1.54, 1.807) is 54.6 Å². The number of nitrogens with one attached hydrogen (secondary N) is 1. The van der Waals surface area contributed by atoms with Crippen molar-refractivity contribution in [3.05, 3.63) is 88.9 Å². The van der Waals surface area contributed by atoms with Gasteiger partial charge in [0.05, 0.1) is 23.9 Å². The number of rotatable bonds is 8. The largest absolute Gasteiger partial charge is 0.493 e. The van der Waals surface area contributed by atoms with Crippen molar-refractivity contribution >= 4 is 29.7 Å². The zero-order valence-electron chi connectivity index (χ0n) is 16.6. The average Bonchev–Trinajstić information content (AvgIpc) is 2.79. The smallest absolute Gasteiger partial charge is 0.345 e. The molecule has 0 unspecified atom stereocenters. The Labute approximate surface area is 184 Å². The van der Waals surface area contributed by atoms with E-state index in [2.05, 4.69) is 10.5 Å². The molecule has 0 fully saturated rings. The fourth-order valence-corrected chi connectivity index (χ4v) is 2.72. The molecule has 0 heterocycles. The third-order valence-corrected chi connectivity index (χ3v) is 4.33. The first-order valence-corrected chi connectivity index (χ1v) is 9.59. The molecule has 0 aliphatic rings. The number of para-hydroxylation sites is 1. The number of hydrogen-bond acceptors (Lipinski definition) is 6. The summed E-state index contributed by atoms with van der Waals surface area (Å²) in [6, 6.07) is 20.4. The molecule has 31 heavy (non-hydrogen) atoms. The summed E-state index contributed by atoms with van der Waals surface area (Å²) in [5, 5.41) is 4.19. The second kappa shape index (κ2) is 10.8. The van der Waals surface area contributed by atoms with E-state index in [1.165, 1.54) is 13.3 Å². The minimum absolute atomic E-state index is 0.165. The fraction of sp³-hybridized carbons (Fsp3) is 0.0870. The number of methoxy groups -OCH3 is 1. The van der Waals surface area contributed by atoms with E-state index >= 15 is 0 Å². The molecule has 3 rings (SSSR count). The normalized spacial score (nSPS) is 10.5. The van der Waals surface area contributed by atoms with Crippen molar-refractivity contribution in [2.45, 2.75) is 0 Å². The zero-order chi connectivity index (χ0) is 22.1. The van der Waals surface area contributed by atoms with Gasteiger partial charge in [-0.2, -0.15) is 5.10 Å². The first kappa shape index (κ1) is 21.9. The third kappa shape index (κ3) is 6.32. The number of carbonyl (C=O) groups is 2. The molecule has 3 aromatic rings. The topological polar surface area (TPSA) is 86.2 Å². The highest BCUT2D eigenvalue weighted by atomic mass is 35.5. The van der Waals surface area contributed by atoms with Gasteiger partial charge < -0.3 is 14.2 Å². The number of esters is 1. The Morgan fingerprint density at radius 1 is 1.00 bits per heavy atom. The molecule has 3 aromatic carbocycles. The Kier molecular flexibility index (Phi) is 7.61. The summed E-state index contributed by atoms with van der Waals surface area (Å²) >= 11 is 6.03. The molecule has 8 heteroatoms. The van der Waals surface area contributed by atoms with Crippen LogP contribution in [0.15, 0.2) is 77.9 Å². The van der Waals surface area contributed by atoms with Crippen LogP contribution in [0.4, 0.5) is 0 Å². The molecule has 0 saturated heterocycles. The Balaban J connectivity index is 1.58. The van der Waals surface area contributed by atoms with Gasteiger partial charge in [0.1, 0.15) is 5.75 Å². The maximum absolute atomic E-state index is 12.4. The molecule has 0 aliphatic heterocycles. The molecule has 0 aliphatic carbocycles. The van der Waals surface area contributed by atoms with Crippen LogP contribution in [0.2, 0.25) is 5.02 Å². The van der Waals surface area contributed by atoms with Crippen LogP contribution >= 0.6 is 11.6 Å². The van der Waals surface area contributed by atoms with Crippen molar-refractivity contribution in [2.75, 3.05) is 13.7 Å². The van der Waals surface area contributed by atoms with Gasteiger partial charge in [-0.25, -0.2) is 10.2 Å². The predicted molar refractivity (Wildman–Crippen MR) is 117 cm³/mol. The number of ether oxygens (including phenoxy) is 3. The molecule has 7 nitrogen and oxygen atoms in total. The minimum atomic E-state index is -0.601. The summed E-state index contributed by atoms with van der Waals surface area (Å²) in [5.41, 5.74) is 3.25. The molecule has 0 aromatic heterocycles. The van der Waals surface area contributed by atoms with Crippen molar-refractivity contribution in [3.63, 3.8) is 0 Å². The quantitative estimate of drug-likeness (QED) is 0.248. The minimum Gasteiger partial charge on any atom is -0.493 e. The number of hydrazone groups is 1. The van der Waals surface area contributed by atoms with E-state index in [4.69, 9.17) is 25.8 Å². The van der Waals surface area contributed by atoms with Gasteiger partial charge in [0.2, 0.25) is 0 Å². The summed E-state index contributed by atoms with van der Waals surface area (Å²) in [7, 11) is 1.45. The Bertz CT molecular complexity index is 1090. The number of halogens is 1. The molecule has 0 radical (unpaired) electrons. The average molecular weight is 439 g/mol. The van der Waals surface area contributed by atoms with Gasteiger partial charge in [-0.1, -0.05) is 41.9 Å². The maximum atomic E-state index is 12.4. The van der Waals surface area contributed by atoms with Crippen LogP contribution in [0, 0.1) is 0 Å². The third-order valence-electron chi connectivity index (χ3n) is 4.00. The molecule has 1 amide bonds. The molecular formula is C23H19ClN2O5. The number of hydrogen-bond donors (Lipinski definition) is 1. The van der Waals surface area contributed by atoms with Gasteiger partial charge in [-0.15, -0.1) is 0 Å². The van der Waals surface area contributed by atoms with Crippen molar-refractivity contribution < 1.29 is 23.8 Å². The summed E-state index contributed by atoms with van der Waals surface area (Å²) in [6.45, 7) is -0.165. The van der Waals surface area contributed by atoms with E-state index in [9.17, 15) is 9.59 Å². The Morgan fingerprint density at radius 3 is 2.48 bits per heavy atom. The highest BCUT2D eigenvalue weighted by Gasteiger charge is 2.15. The van der Waals surface area contributed by atoms with Gasteiger partial charge in [0.25, 0.3) is 5.91 Å². The van der Waals surface area contributed by atoms with Crippen molar-refractivity contribution in [1.82, 2.24) is 5.43 Å². The first-order valence-electron chi connectivity index (χ1n) is 9.21. The second-order valence-corrected chi connectivity index (χ2v) is 6.58. The predicted octanol–water partition coefficient (Wildman–Crippen LogP) is 4.10. The van der Waals surface area contributed by atoms with Crippen LogP contribution in [0.1, 0.15) is 15.9 Å². The number of nitrogens with zero attached hydrogens (tertiary/aromatic N) is 1. The van der Waals surface area contributed by atoms with Crippen LogP contribution < -0.4 is 19.6 Å².